The van der Waals surface area contributed by atoms with Gasteiger partial charge in [-0.2, -0.15) is 0 Å². The Hall–Kier alpha value is -1.58. The van der Waals surface area contributed by atoms with E-state index in [1.807, 2.05) is 12.1 Å². The number of hydrogen-bond donors (Lipinski definition) is 2. The third-order valence-corrected chi connectivity index (χ3v) is 4.33. The van der Waals surface area contributed by atoms with Crippen LogP contribution in [0.5, 0.6) is 0 Å². The molecule has 1 fully saturated rings. The van der Waals surface area contributed by atoms with E-state index in [-0.39, 0.29) is 5.91 Å². The van der Waals surface area contributed by atoms with Gasteiger partial charge in [0.25, 0.3) is 5.91 Å². The maximum Gasteiger partial charge on any atom is 0.269 e. The van der Waals surface area contributed by atoms with Crippen LogP contribution in [0.25, 0.3) is 0 Å². The van der Waals surface area contributed by atoms with Crippen molar-refractivity contribution in [3.8, 4) is 0 Å². The first-order valence-corrected chi connectivity index (χ1v) is 7.66. The minimum absolute atomic E-state index is 0.0697. The van der Waals surface area contributed by atoms with Crippen LogP contribution in [0.2, 0.25) is 0 Å². The highest BCUT2D eigenvalue weighted by Gasteiger charge is 2.20. The van der Waals surface area contributed by atoms with E-state index < -0.39 is 0 Å². The number of amides is 1. The Labute approximate surface area is 121 Å². The lowest BCUT2D eigenvalue weighted by Crippen LogP contribution is -2.31. The van der Waals surface area contributed by atoms with Crippen molar-refractivity contribution in [1.82, 2.24) is 10.3 Å². The second-order valence-electron chi connectivity index (χ2n) is 5.66. The summed E-state index contributed by atoms with van der Waals surface area (Å²) in [6, 6.07) is 5.45. The number of nitrogens with one attached hydrogen (secondary N) is 2. The average Bonchev–Trinajstić information content (AvgIpc) is 2.53. The van der Waals surface area contributed by atoms with Gasteiger partial charge >= 0.3 is 0 Å². The summed E-state index contributed by atoms with van der Waals surface area (Å²) in [5.41, 5.74) is 0.485. The second-order valence-corrected chi connectivity index (χ2v) is 5.66. The lowest BCUT2D eigenvalue weighted by atomic mass is 9.81. The maximum atomic E-state index is 12.1. The van der Waals surface area contributed by atoms with Gasteiger partial charge in [-0.3, -0.25) is 4.79 Å². The predicted molar refractivity (Wildman–Crippen MR) is 81.9 cm³/mol. The summed E-state index contributed by atoms with van der Waals surface area (Å²) < 4.78 is 0. The molecule has 2 rings (SSSR count). The Morgan fingerprint density at radius 3 is 2.60 bits per heavy atom. The van der Waals surface area contributed by atoms with Crippen LogP contribution in [0.15, 0.2) is 18.2 Å². The van der Waals surface area contributed by atoms with E-state index in [9.17, 15) is 4.79 Å². The summed E-state index contributed by atoms with van der Waals surface area (Å²) in [6.45, 7) is 3.05. The zero-order valence-electron chi connectivity index (χ0n) is 12.5. The Balaban J connectivity index is 1.80. The lowest BCUT2D eigenvalue weighted by molar-refractivity contribution is 0.0936. The van der Waals surface area contributed by atoms with Crippen LogP contribution in [-0.2, 0) is 0 Å². The number of nitrogens with zero attached hydrogens (tertiary/aromatic N) is 1. The maximum absolute atomic E-state index is 12.1. The third-order valence-electron chi connectivity index (χ3n) is 4.33. The topological polar surface area (TPSA) is 54.0 Å². The Morgan fingerprint density at radius 2 is 1.95 bits per heavy atom. The molecular formula is C16H25N3O. The van der Waals surface area contributed by atoms with Gasteiger partial charge in [-0.15, -0.1) is 0 Å². The molecule has 1 heterocycles. The summed E-state index contributed by atoms with van der Waals surface area (Å²) in [4.78, 5) is 16.3. The minimum atomic E-state index is -0.0697. The molecule has 0 spiro atoms. The molecule has 110 valence electrons. The predicted octanol–water partition coefficient (Wildman–Crippen LogP) is 3.07. The monoisotopic (exact) mass is 275 g/mol. The summed E-state index contributed by atoms with van der Waals surface area (Å²) in [5.74, 6) is 2.19. The minimum Gasteiger partial charge on any atom is -0.373 e. The molecule has 0 unspecified atom stereocenters. The molecule has 1 aliphatic carbocycles. The van der Waals surface area contributed by atoms with Gasteiger partial charge in [-0.25, -0.2) is 4.98 Å². The molecule has 0 radical (unpaired) electrons. The van der Waals surface area contributed by atoms with Crippen molar-refractivity contribution in [2.75, 3.05) is 18.9 Å². The number of aromatic nitrogens is 1. The van der Waals surface area contributed by atoms with E-state index in [0.717, 1.165) is 18.3 Å². The van der Waals surface area contributed by atoms with Gasteiger partial charge in [-0.1, -0.05) is 32.3 Å². The van der Waals surface area contributed by atoms with Gasteiger partial charge < -0.3 is 10.6 Å². The third kappa shape index (κ3) is 3.95. The molecule has 4 nitrogen and oxygen atoms in total. The van der Waals surface area contributed by atoms with Crippen molar-refractivity contribution in [2.24, 2.45) is 11.8 Å². The van der Waals surface area contributed by atoms with Crippen LogP contribution in [0.4, 0.5) is 5.82 Å². The molecule has 0 saturated heterocycles. The molecule has 4 heteroatoms. The summed E-state index contributed by atoms with van der Waals surface area (Å²) in [7, 11) is 1.80. The average molecular weight is 275 g/mol. The Morgan fingerprint density at radius 1 is 1.25 bits per heavy atom. The van der Waals surface area contributed by atoms with Crippen molar-refractivity contribution in [3.63, 3.8) is 0 Å². The number of anilines is 1. The van der Waals surface area contributed by atoms with E-state index in [1.165, 1.54) is 32.1 Å². The molecule has 20 heavy (non-hydrogen) atoms. The first-order chi connectivity index (χ1) is 9.72. The van der Waals surface area contributed by atoms with E-state index in [1.54, 1.807) is 13.1 Å². The summed E-state index contributed by atoms with van der Waals surface area (Å²) >= 11 is 0. The fourth-order valence-corrected chi connectivity index (χ4v) is 2.87. The molecule has 1 aromatic heterocycles. The fourth-order valence-electron chi connectivity index (χ4n) is 2.87. The molecule has 1 aliphatic rings. The molecule has 0 bridgehead atoms. The van der Waals surface area contributed by atoms with E-state index in [4.69, 9.17) is 0 Å². The molecular weight excluding hydrogens is 250 g/mol. The molecule has 0 aromatic carbocycles. The van der Waals surface area contributed by atoms with Gasteiger partial charge in [-0.05, 0) is 36.8 Å². The van der Waals surface area contributed by atoms with Gasteiger partial charge in [0.15, 0.2) is 0 Å². The zero-order chi connectivity index (χ0) is 14.4. The number of pyridine rings is 1. The molecule has 2 N–H and O–H groups in total. The standard InChI is InChI=1S/C16H25N3O/c1-3-12-7-9-13(10-8-12)11-18-16(20)14-5-4-6-15(17-2)19-14/h4-6,12-13H,3,7-11H2,1-2H3,(H,17,19)(H,18,20). The van der Waals surface area contributed by atoms with Gasteiger partial charge in [0.05, 0.1) is 0 Å². The van der Waals surface area contributed by atoms with E-state index in [2.05, 4.69) is 22.5 Å². The quantitative estimate of drug-likeness (QED) is 0.868. The number of carbonyl (C=O) groups excluding carboxylic acids is 1. The van der Waals surface area contributed by atoms with Crippen LogP contribution in [0, 0.1) is 11.8 Å². The number of carbonyl (C=O) groups is 1. The van der Waals surface area contributed by atoms with Crippen LogP contribution in [0.1, 0.15) is 49.5 Å². The zero-order valence-corrected chi connectivity index (χ0v) is 12.5. The summed E-state index contributed by atoms with van der Waals surface area (Å²) in [5, 5.41) is 5.97. The molecule has 1 amide bonds. The Bertz CT molecular complexity index is 439. The summed E-state index contributed by atoms with van der Waals surface area (Å²) in [6.07, 6.45) is 6.39. The largest absolute Gasteiger partial charge is 0.373 e. The van der Waals surface area contributed by atoms with Gasteiger partial charge in [0.1, 0.15) is 11.5 Å². The highest BCUT2D eigenvalue weighted by atomic mass is 16.1. The molecule has 0 aliphatic heterocycles. The van der Waals surface area contributed by atoms with Gasteiger partial charge in [0, 0.05) is 13.6 Å². The van der Waals surface area contributed by atoms with Crippen LogP contribution in [-0.4, -0.2) is 24.5 Å². The lowest BCUT2D eigenvalue weighted by Gasteiger charge is -2.27. The van der Waals surface area contributed by atoms with Crippen molar-refractivity contribution < 1.29 is 4.79 Å². The first-order valence-electron chi connectivity index (χ1n) is 7.66. The van der Waals surface area contributed by atoms with Crippen molar-refractivity contribution >= 4 is 11.7 Å². The molecule has 0 atom stereocenters. The first kappa shape index (κ1) is 14.8. The normalized spacial score (nSPS) is 22.3. The van der Waals surface area contributed by atoms with Crippen molar-refractivity contribution in [3.05, 3.63) is 23.9 Å². The van der Waals surface area contributed by atoms with E-state index >= 15 is 0 Å². The SMILES string of the molecule is CCC1CCC(CNC(=O)c2cccc(NC)n2)CC1. The van der Waals surface area contributed by atoms with Crippen LogP contribution < -0.4 is 10.6 Å². The van der Waals surface area contributed by atoms with Crippen molar-refractivity contribution in [2.45, 2.75) is 39.0 Å². The van der Waals surface area contributed by atoms with E-state index in [0.29, 0.717) is 11.6 Å². The highest BCUT2D eigenvalue weighted by Crippen LogP contribution is 2.30. The second kappa shape index (κ2) is 7.27. The molecule has 1 saturated carbocycles. The number of rotatable bonds is 5. The molecule has 1 aromatic rings. The van der Waals surface area contributed by atoms with Crippen LogP contribution in [0.3, 0.4) is 0 Å². The van der Waals surface area contributed by atoms with Crippen molar-refractivity contribution in [1.29, 1.82) is 0 Å². The van der Waals surface area contributed by atoms with Gasteiger partial charge in [0.2, 0.25) is 0 Å². The fraction of sp³-hybridized carbons (Fsp3) is 0.625. The van der Waals surface area contributed by atoms with Crippen LogP contribution >= 0.6 is 0 Å². The Kier molecular flexibility index (Phi) is 5.39. The highest BCUT2D eigenvalue weighted by molar-refractivity contribution is 5.92. The smallest absolute Gasteiger partial charge is 0.269 e. The number of hydrogen-bond acceptors (Lipinski definition) is 3.